The van der Waals surface area contributed by atoms with E-state index in [4.69, 9.17) is 28.3 Å². The van der Waals surface area contributed by atoms with Crippen molar-refractivity contribution >= 4 is 46.5 Å². The summed E-state index contributed by atoms with van der Waals surface area (Å²) in [5, 5.41) is 21.5. The molecule has 0 aliphatic rings. The second-order valence-electron chi connectivity index (χ2n) is 3.12. The second kappa shape index (κ2) is 5.65. The lowest BCUT2D eigenvalue weighted by molar-refractivity contribution is -0.384. The minimum atomic E-state index is -1.36. The number of carboxylic acid groups (broad SMARTS) is 1. The van der Waals surface area contributed by atoms with E-state index in [1.807, 2.05) is 0 Å². The predicted octanol–water partition coefficient (Wildman–Crippen LogP) is 2.04. The summed E-state index contributed by atoms with van der Waals surface area (Å²) in [7, 11) is 0. The minimum absolute atomic E-state index is 0.0714. The quantitative estimate of drug-likeness (QED) is 0.501. The molecule has 0 aromatic heterocycles. The van der Waals surface area contributed by atoms with Crippen LogP contribution in [0.5, 0.6) is 0 Å². The molecule has 7 nitrogen and oxygen atoms in total. The number of carbonyl (C=O) groups excluding carboxylic acids is 1. The van der Waals surface area contributed by atoms with Crippen LogP contribution in [0.2, 0.25) is 0 Å². The average Bonchev–Trinajstić information content (AvgIpc) is 2.28. The second-order valence-corrected chi connectivity index (χ2v) is 4.22. The molecule has 96 valence electrons. The highest BCUT2D eigenvalue weighted by molar-refractivity contribution is 6.54. The van der Waals surface area contributed by atoms with Crippen LogP contribution in [0.1, 0.15) is 10.4 Å². The molecule has 1 aromatic rings. The first kappa shape index (κ1) is 14.2. The minimum Gasteiger partial charge on any atom is -0.478 e. The highest BCUT2D eigenvalue weighted by Crippen LogP contribution is 2.21. The maximum Gasteiger partial charge on any atom is 0.336 e. The molecule has 1 amide bonds. The summed E-state index contributed by atoms with van der Waals surface area (Å²) in [4.78, 5) is 30.4. The van der Waals surface area contributed by atoms with Gasteiger partial charge in [-0.25, -0.2) is 4.79 Å². The van der Waals surface area contributed by atoms with Crippen molar-refractivity contribution in [2.75, 3.05) is 5.32 Å². The number of carboxylic acids is 1. The molecule has 1 aromatic carbocycles. The molecular formula is C9H6Cl2N2O5. The number of hydrogen-bond donors (Lipinski definition) is 2. The number of nitro groups is 1. The maximum atomic E-state index is 11.2. The van der Waals surface area contributed by atoms with Crippen molar-refractivity contribution in [2.45, 2.75) is 4.84 Å². The summed E-state index contributed by atoms with van der Waals surface area (Å²) in [6, 6.07) is 2.93. The number of carbonyl (C=O) groups is 2. The number of nitrogens with one attached hydrogen (secondary N) is 1. The van der Waals surface area contributed by atoms with Crippen LogP contribution in [0.3, 0.4) is 0 Å². The van der Waals surface area contributed by atoms with Gasteiger partial charge in [-0.05, 0) is 6.07 Å². The smallest absolute Gasteiger partial charge is 0.336 e. The summed E-state index contributed by atoms with van der Waals surface area (Å²) in [5.74, 6) is -2.17. The molecule has 0 bridgehead atoms. The number of non-ortho nitro benzene ring substituents is 1. The van der Waals surface area contributed by atoms with Gasteiger partial charge in [0, 0.05) is 17.8 Å². The Bertz CT molecular complexity index is 485. The third kappa shape index (κ3) is 3.57. The van der Waals surface area contributed by atoms with Crippen LogP contribution in [-0.2, 0) is 4.79 Å². The number of nitrogens with zero attached hydrogens (tertiary/aromatic N) is 1. The van der Waals surface area contributed by atoms with Crippen LogP contribution in [0, 0.1) is 10.1 Å². The van der Waals surface area contributed by atoms with Crippen LogP contribution < -0.4 is 5.32 Å². The Morgan fingerprint density at radius 3 is 2.39 bits per heavy atom. The molecule has 0 aliphatic carbocycles. The van der Waals surface area contributed by atoms with Crippen molar-refractivity contribution < 1.29 is 19.6 Å². The highest BCUT2D eigenvalue weighted by Gasteiger charge is 2.17. The molecule has 0 spiro atoms. The van der Waals surface area contributed by atoms with Gasteiger partial charge in [0.2, 0.25) is 0 Å². The first-order valence-electron chi connectivity index (χ1n) is 4.43. The molecular weight excluding hydrogens is 287 g/mol. The largest absolute Gasteiger partial charge is 0.478 e. The van der Waals surface area contributed by atoms with Crippen LogP contribution in [0.15, 0.2) is 18.2 Å². The zero-order chi connectivity index (χ0) is 13.9. The topological polar surface area (TPSA) is 110 Å². The van der Waals surface area contributed by atoms with E-state index >= 15 is 0 Å². The fraction of sp³-hybridized carbons (Fsp3) is 0.111. The lowest BCUT2D eigenvalue weighted by Gasteiger charge is -2.06. The number of halogens is 2. The van der Waals surface area contributed by atoms with Crippen molar-refractivity contribution in [2.24, 2.45) is 0 Å². The van der Waals surface area contributed by atoms with Gasteiger partial charge in [0.25, 0.3) is 11.6 Å². The van der Waals surface area contributed by atoms with Gasteiger partial charge in [-0.1, -0.05) is 23.2 Å². The van der Waals surface area contributed by atoms with E-state index in [-0.39, 0.29) is 11.3 Å². The molecule has 0 heterocycles. The number of anilines is 1. The van der Waals surface area contributed by atoms with E-state index in [1.54, 1.807) is 0 Å². The molecule has 0 aliphatic heterocycles. The van der Waals surface area contributed by atoms with Crippen LogP contribution in [0.4, 0.5) is 11.4 Å². The predicted molar refractivity (Wildman–Crippen MR) is 64.2 cm³/mol. The van der Waals surface area contributed by atoms with Crippen molar-refractivity contribution in [1.82, 2.24) is 0 Å². The summed E-state index contributed by atoms with van der Waals surface area (Å²) >= 11 is 10.6. The summed E-state index contributed by atoms with van der Waals surface area (Å²) < 4.78 is 0. The SMILES string of the molecule is O=C(O)c1cc(NC(=O)C(Cl)Cl)cc([N+](=O)[O-])c1. The van der Waals surface area contributed by atoms with Gasteiger partial charge in [0.1, 0.15) is 0 Å². The number of rotatable bonds is 4. The Labute approximate surface area is 110 Å². The number of alkyl halides is 2. The Hall–Kier alpha value is -1.86. The van der Waals surface area contributed by atoms with Gasteiger partial charge >= 0.3 is 5.97 Å². The first-order valence-corrected chi connectivity index (χ1v) is 5.30. The van der Waals surface area contributed by atoms with Gasteiger partial charge in [-0.2, -0.15) is 0 Å². The zero-order valence-electron chi connectivity index (χ0n) is 8.59. The highest BCUT2D eigenvalue weighted by atomic mass is 35.5. The van der Waals surface area contributed by atoms with E-state index in [0.717, 1.165) is 18.2 Å². The standard InChI is InChI=1S/C9H6Cl2N2O5/c10-7(11)8(14)12-5-1-4(9(15)16)2-6(3-5)13(17)18/h1-3,7H,(H,12,14)(H,15,16). The fourth-order valence-electron chi connectivity index (χ4n) is 1.11. The molecule has 9 heteroatoms. The lowest BCUT2D eigenvalue weighted by Crippen LogP contribution is -2.19. The molecule has 0 unspecified atom stereocenters. The molecule has 2 N–H and O–H groups in total. The van der Waals surface area contributed by atoms with Gasteiger partial charge in [0.05, 0.1) is 10.5 Å². The van der Waals surface area contributed by atoms with E-state index in [9.17, 15) is 19.7 Å². The van der Waals surface area contributed by atoms with Gasteiger partial charge < -0.3 is 10.4 Å². The Morgan fingerprint density at radius 2 is 1.94 bits per heavy atom. The number of nitro benzene ring substituents is 1. The van der Waals surface area contributed by atoms with Crippen LogP contribution >= 0.6 is 23.2 Å². The third-order valence-corrected chi connectivity index (χ3v) is 2.24. The maximum absolute atomic E-state index is 11.2. The normalized spacial score (nSPS) is 10.2. The van der Waals surface area contributed by atoms with Crippen LogP contribution in [-0.4, -0.2) is 26.7 Å². The molecule has 0 atom stereocenters. The molecule has 0 fully saturated rings. The van der Waals surface area contributed by atoms with Crippen molar-refractivity contribution in [3.8, 4) is 0 Å². The van der Waals surface area contributed by atoms with E-state index in [0.29, 0.717) is 0 Å². The van der Waals surface area contributed by atoms with E-state index < -0.39 is 27.3 Å². The number of amides is 1. The molecule has 0 saturated heterocycles. The lowest BCUT2D eigenvalue weighted by atomic mass is 10.1. The van der Waals surface area contributed by atoms with E-state index in [2.05, 4.69) is 5.32 Å². The van der Waals surface area contributed by atoms with Gasteiger partial charge in [-0.3, -0.25) is 14.9 Å². The van der Waals surface area contributed by atoms with Crippen molar-refractivity contribution in [3.63, 3.8) is 0 Å². The Balaban J connectivity index is 3.15. The number of aromatic carboxylic acids is 1. The third-order valence-electron chi connectivity index (χ3n) is 1.84. The Morgan fingerprint density at radius 1 is 1.33 bits per heavy atom. The summed E-state index contributed by atoms with van der Waals surface area (Å²) in [5.41, 5.74) is -0.871. The van der Waals surface area contributed by atoms with Crippen LogP contribution in [0.25, 0.3) is 0 Å². The monoisotopic (exact) mass is 292 g/mol. The number of benzene rings is 1. The summed E-state index contributed by atoms with van der Waals surface area (Å²) in [6.45, 7) is 0. The fourth-order valence-corrected chi connectivity index (χ4v) is 1.22. The molecule has 1 rings (SSSR count). The van der Waals surface area contributed by atoms with Crippen molar-refractivity contribution in [1.29, 1.82) is 0 Å². The summed E-state index contributed by atoms with van der Waals surface area (Å²) in [6.07, 6.45) is 0. The van der Waals surface area contributed by atoms with Gasteiger partial charge in [0.15, 0.2) is 4.84 Å². The van der Waals surface area contributed by atoms with Gasteiger partial charge in [-0.15, -0.1) is 0 Å². The van der Waals surface area contributed by atoms with Crippen molar-refractivity contribution in [3.05, 3.63) is 33.9 Å². The molecule has 0 radical (unpaired) electrons. The average molecular weight is 293 g/mol. The number of hydrogen-bond acceptors (Lipinski definition) is 4. The molecule has 0 saturated carbocycles. The first-order chi connectivity index (χ1) is 8.31. The zero-order valence-corrected chi connectivity index (χ0v) is 10.1. The molecule has 18 heavy (non-hydrogen) atoms. The van der Waals surface area contributed by atoms with E-state index in [1.165, 1.54) is 0 Å². The Kier molecular flexibility index (Phi) is 4.46.